The van der Waals surface area contributed by atoms with Gasteiger partial charge in [0.25, 0.3) is 0 Å². The van der Waals surface area contributed by atoms with Gasteiger partial charge in [0.15, 0.2) is 0 Å². The first kappa shape index (κ1) is 17.7. The zero-order valence-corrected chi connectivity index (χ0v) is 14.0. The van der Waals surface area contributed by atoms with Gasteiger partial charge in [0.05, 0.1) is 16.6 Å². The number of ether oxygens (including phenoxy) is 1. The minimum Gasteiger partial charge on any atom is -0.459 e. The van der Waals surface area contributed by atoms with E-state index in [0.717, 1.165) is 6.42 Å². The van der Waals surface area contributed by atoms with Crippen LogP contribution in [0.15, 0.2) is 17.0 Å². The van der Waals surface area contributed by atoms with Gasteiger partial charge in [0.2, 0.25) is 10.0 Å². The van der Waals surface area contributed by atoms with E-state index in [9.17, 15) is 13.2 Å². The molecule has 1 aromatic carbocycles. The van der Waals surface area contributed by atoms with Crippen molar-refractivity contribution in [3.05, 3.63) is 28.8 Å². The van der Waals surface area contributed by atoms with Gasteiger partial charge in [-0.1, -0.05) is 13.8 Å². The van der Waals surface area contributed by atoms with Gasteiger partial charge in [0, 0.05) is 0 Å². The quantitative estimate of drug-likeness (QED) is 0.846. The van der Waals surface area contributed by atoms with Crippen LogP contribution in [-0.4, -0.2) is 20.5 Å². The Balaban J connectivity index is 3.12. The molecule has 1 aromatic rings. The Morgan fingerprint density at radius 2 is 1.81 bits per heavy atom. The fraction of sp³-hybridized carbons (Fsp3) is 0.533. The molecule has 2 N–H and O–H groups in total. The molecule has 0 bridgehead atoms. The summed E-state index contributed by atoms with van der Waals surface area (Å²) in [4.78, 5) is 12.2. The second kappa shape index (κ2) is 6.58. The third-order valence-electron chi connectivity index (χ3n) is 3.30. The molecule has 0 amide bonds. The zero-order valence-electron chi connectivity index (χ0n) is 13.1. The van der Waals surface area contributed by atoms with Crippen LogP contribution < -0.4 is 5.14 Å². The van der Waals surface area contributed by atoms with E-state index in [4.69, 9.17) is 9.88 Å². The number of carbonyl (C=O) groups excluding carboxylic acids is 1. The highest BCUT2D eigenvalue weighted by Crippen LogP contribution is 2.21. The number of rotatable bonds is 5. The lowest BCUT2D eigenvalue weighted by atomic mass is 10.0. The molecule has 21 heavy (non-hydrogen) atoms. The number of carbonyl (C=O) groups is 1. The summed E-state index contributed by atoms with van der Waals surface area (Å²) >= 11 is 0. The van der Waals surface area contributed by atoms with Crippen LogP contribution in [0.2, 0.25) is 0 Å². The summed E-state index contributed by atoms with van der Waals surface area (Å²) in [5, 5.41) is 5.13. The van der Waals surface area contributed by atoms with E-state index in [2.05, 4.69) is 0 Å². The lowest BCUT2D eigenvalue weighted by molar-refractivity contribution is 0.0298. The molecular formula is C15H23NO4S. The Morgan fingerprint density at radius 1 is 1.24 bits per heavy atom. The maximum atomic E-state index is 12.2. The van der Waals surface area contributed by atoms with Crippen LogP contribution in [-0.2, 0) is 14.8 Å². The lowest BCUT2D eigenvalue weighted by Gasteiger charge is -2.17. The van der Waals surface area contributed by atoms with Crippen LogP contribution >= 0.6 is 0 Å². The Morgan fingerprint density at radius 3 is 2.29 bits per heavy atom. The monoisotopic (exact) mass is 313 g/mol. The van der Waals surface area contributed by atoms with Crippen LogP contribution in [0, 0.1) is 19.8 Å². The van der Waals surface area contributed by atoms with E-state index in [-0.39, 0.29) is 16.6 Å². The molecule has 5 nitrogen and oxygen atoms in total. The highest BCUT2D eigenvalue weighted by atomic mass is 32.2. The van der Waals surface area contributed by atoms with Crippen molar-refractivity contribution in [3.8, 4) is 0 Å². The van der Waals surface area contributed by atoms with Gasteiger partial charge in [-0.05, 0) is 56.4 Å². The molecule has 0 aliphatic rings. The standard InChI is InChI=1S/C15H23NO4S/c1-9(2)6-11(4)20-15(17)14-8-13(21(16,18)19)7-10(3)12(14)5/h7-9,11H,6H2,1-5H3,(H2,16,18,19). The summed E-state index contributed by atoms with van der Waals surface area (Å²) < 4.78 is 28.3. The Hall–Kier alpha value is -1.40. The van der Waals surface area contributed by atoms with Crippen molar-refractivity contribution in [2.45, 2.75) is 52.0 Å². The molecule has 0 saturated heterocycles. The Kier molecular flexibility index (Phi) is 5.53. The van der Waals surface area contributed by atoms with Gasteiger partial charge in [-0.15, -0.1) is 0 Å². The molecule has 1 atom stereocenters. The van der Waals surface area contributed by atoms with E-state index in [1.54, 1.807) is 13.8 Å². The van der Waals surface area contributed by atoms with Crippen molar-refractivity contribution in [1.29, 1.82) is 0 Å². The van der Waals surface area contributed by atoms with E-state index >= 15 is 0 Å². The Labute approximate surface area is 126 Å². The van der Waals surface area contributed by atoms with E-state index in [1.165, 1.54) is 12.1 Å². The zero-order chi connectivity index (χ0) is 16.4. The van der Waals surface area contributed by atoms with Gasteiger partial charge >= 0.3 is 5.97 Å². The molecule has 0 aromatic heterocycles. The largest absolute Gasteiger partial charge is 0.459 e. The number of hydrogen-bond donors (Lipinski definition) is 1. The predicted molar refractivity (Wildman–Crippen MR) is 81.6 cm³/mol. The SMILES string of the molecule is Cc1cc(S(N)(=O)=O)cc(C(=O)OC(C)CC(C)C)c1C. The number of nitrogens with two attached hydrogens (primary N) is 1. The van der Waals surface area contributed by atoms with E-state index in [0.29, 0.717) is 17.0 Å². The number of sulfonamides is 1. The van der Waals surface area contributed by atoms with Gasteiger partial charge in [0.1, 0.15) is 0 Å². The number of hydrogen-bond acceptors (Lipinski definition) is 4. The van der Waals surface area contributed by atoms with Crippen LogP contribution in [0.3, 0.4) is 0 Å². The molecular weight excluding hydrogens is 290 g/mol. The van der Waals surface area contributed by atoms with Crippen molar-refractivity contribution < 1.29 is 17.9 Å². The molecule has 0 saturated carbocycles. The summed E-state index contributed by atoms with van der Waals surface area (Å²) in [6.07, 6.45) is 0.522. The van der Waals surface area contributed by atoms with Crippen molar-refractivity contribution in [1.82, 2.24) is 0 Å². The van der Waals surface area contributed by atoms with E-state index < -0.39 is 16.0 Å². The second-order valence-electron chi connectivity index (χ2n) is 5.80. The summed E-state index contributed by atoms with van der Waals surface area (Å²) in [5.74, 6) is -0.111. The van der Waals surface area contributed by atoms with Crippen molar-refractivity contribution in [2.24, 2.45) is 11.1 Å². The summed E-state index contributed by atoms with van der Waals surface area (Å²) in [6, 6.07) is 2.74. The molecule has 0 radical (unpaired) electrons. The van der Waals surface area contributed by atoms with Gasteiger partial charge in [-0.3, -0.25) is 0 Å². The molecule has 0 spiro atoms. The smallest absolute Gasteiger partial charge is 0.338 e. The maximum Gasteiger partial charge on any atom is 0.338 e. The van der Waals surface area contributed by atoms with Gasteiger partial charge in [-0.25, -0.2) is 18.4 Å². The molecule has 1 unspecified atom stereocenters. The molecule has 1 rings (SSSR count). The molecule has 0 heterocycles. The van der Waals surface area contributed by atoms with E-state index in [1.807, 2.05) is 20.8 Å². The van der Waals surface area contributed by atoms with Crippen LogP contribution in [0.5, 0.6) is 0 Å². The maximum absolute atomic E-state index is 12.2. The minimum atomic E-state index is -3.85. The Bertz CT molecular complexity index is 635. The molecule has 6 heteroatoms. The average molecular weight is 313 g/mol. The number of aryl methyl sites for hydroxylation is 1. The summed E-state index contributed by atoms with van der Waals surface area (Å²) in [7, 11) is -3.85. The van der Waals surface area contributed by atoms with Crippen LogP contribution in [0.25, 0.3) is 0 Å². The minimum absolute atomic E-state index is 0.0749. The highest BCUT2D eigenvalue weighted by Gasteiger charge is 2.20. The number of primary sulfonamides is 1. The normalized spacial score (nSPS) is 13.3. The van der Waals surface area contributed by atoms with Crippen molar-refractivity contribution >= 4 is 16.0 Å². The fourth-order valence-electron chi connectivity index (χ4n) is 2.16. The average Bonchev–Trinajstić information content (AvgIpc) is 2.29. The second-order valence-corrected chi connectivity index (χ2v) is 7.36. The molecule has 118 valence electrons. The third-order valence-corrected chi connectivity index (χ3v) is 4.19. The first-order valence-corrected chi connectivity index (χ1v) is 8.42. The van der Waals surface area contributed by atoms with Crippen LogP contribution in [0.1, 0.15) is 48.7 Å². The van der Waals surface area contributed by atoms with Crippen molar-refractivity contribution in [2.75, 3.05) is 0 Å². The summed E-state index contributed by atoms with van der Waals surface area (Å²) in [5.41, 5.74) is 1.63. The molecule has 0 aliphatic carbocycles. The predicted octanol–water partition coefficient (Wildman–Crippen LogP) is 2.54. The third kappa shape index (κ3) is 4.82. The summed E-state index contributed by atoms with van der Waals surface area (Å²) in [6.45, 7) is 9.40. The fourth-order valence-corrected chi connectivity index (χ4v) is 2.78. The van der Waals surface area contributed by atoms with Gasteiger partial charge < -0.3 is 4.74 Å². The topological polar surface area (TPSA) is 86.5 Å². The first-order valence-electron chi connectivity index (χ1n) is 6.87. The lowest BCUT2D eigenvalue weighted by Crippen LogP contribution is -2.19. The molecule has 0 aliphatic heterocycles. The molecule has 0 fully saturated rings. The van der Waals surface area contributed by atoms with Crippen LogP contribution in [0.4, 0.5) is 0 Å². The van der Waals surface area contributed by atoms with Crippen molar-refractivity contribution in [3.63, 3.8) is 0 Å². The first-order chi connectivity index (χ1) is 9.52. The highest BCUT2D eigenvalue weighted by molar-refractivity contribution is 7.89. The number of esters is 1. The van der Waals surface area contributed by atoms with Gasteiger partial charge in [-0.2, -0.15) is 0 Å². The number of benzene rings is 1.